The molecule has 0 saturated heterocycles. The Morgan fingerprint density at radius 1 is 1.39 bits per heavy atom. The third kappa shape index (κ3) is 3.93. The second-order valence-electron chi connectivity index (χ2n) is 4.22. The first-order valence-electron chi connectivity index (χ1n) is 6.05. The lowest BCUT2D eigenvalue weighted by molar-refractivity contribution is 0.0187. The van der Waals surface area contributed by atoms with Gasteiger partial charge in [0.05, 0.1) is 6.61 Å². The monoisotopic (exact) mass is 273 g/mol. The van der Waals surface area contributed by atoms with E-state index in [1.54, 1.807) is 0 Å². The maximum Gasteiger partial charge on any atom is 0.261 e. The maximum absolute atomic E-state index is 11.8. The van der Waals surface area contributed by atoms with Gasteiger partial charge >= 0.3 is 0 Å². The molecule has 2 rings (SSSR count). The zero-order chi connectivity index (χ0) is 12.8. The predicted octanol–water partition coefficient (Wildman–Crippen LogP) is 2.75. The molecule has 0 amide bonds. The van der Waals surface area contributed by atoms with Crippen LogP contribution in [0, 0.1) is 0 Å². The van der Waals surface area contributed by atoms with Crippen molar-refractivity contribution in [2.45, 2.75) is 17.2 Å². The summed E-state index contributed by atoms with van der Waals surface area (Å²) in [4.78, 5) is 1.36. The van der Waals surface area contributed by atoms with Gasteiger partial charge in [0.2, 0.25) is 0 Å². The molecule has 0 saturated carbocycles. The summed E-state index contributed by atoms with van der Waals surface area (Å²) in [7, 11) is 0. The number of fused-ring (bicyclic) bond motifs is 1. The summed E-state index contributed by atoms with van der Waals surface area (Å²) < 4.78 is 28.4. The van der Waals surface area contributed by atoms with Crippen LogP contribution in [0.3, 0.4) is 0 Å². The number of thioether (sulfide) groups is 1. The summed E-state index contributed by atoms with van der Waals surface area (Å²) in [6.45, 7) is 1.37. The van der Waals surface area contributed by atoms with Crippen LogP contribution in [0.5, 0.6) is 0 Å². The van der Waals surface area contributed by atoms with Crippen molar-refractivity contribution in [1.29, 1.82) is 0 Å². The third-order valence-corrected chi connectivity index (χ3v) is 4.11. The van der Waals surface area contributed by atoms with Gasteiger partial charge in [-0.25, -0.2) is 8.78 Å². The first-order valence-corrected chi connectivity index (χ1v) is 7.04. The largest absolute Gasteiger partial charge is 0.374 e. The lowest BCUT2D eigenvalue weighted by atomic mass is 10.0. The fourth-order valence-corrected chi connectivity index (χ4v) is 3.25. The smallest absolute Gasteiger partial charge is 0.261 e. The number of rotatable bonds is 7. The van der Waals surface area contributed by atoms with Crippen LogP contribution in [0.4, 0.5) is 8.78 Å². The van der Waals surface area contributed by atoms with Crippen LogP contribution < -0.4 is 5.32 Å². The summed E-state index contributed by atoms with van der Waals surface area (Å²) in [5.41, 5.74) is 1.39. The highest BCUT2D eigenvalue weighted by Crippen LogP contribution is 2.38. The zero-order valence-electron chi connectivity index (χ0n) is 10.1. The van der Waals surface area contributed by atoms with E-state index in [2.05, 4.69) is 29.6 Å². The standard InChI is InChI=1S/C13H17F2NOS/c14-13(15)8-17-6-5-16-7-10-9-18-12-4-2-1-3-11(10)12/h1-4,10,13,16H,5-9H2. The quantitative estimate of drug-likeness (QED) is 0.772. The number of benzene rings is 1. The molecule has 1 N–H and O–H groups in total. The normalized spacial score (nSPS) is 18.3. The molecule has 0 bridgehead atoms. The Bertz CT molecular complexity index is 376. The topological polar surface area (TPSA) is 21.3 Å². The fourth-order valence-electron chi connectivity index (χ4n) is 1.99. The average molecular weight is 273 g/mol. The molecule has 2 nitrogen and oxygen atoms in total. The van der Waals surface area contributed by atoms with Crippen LogP contribution in [0.2, 0.25) is 0 Å². The summed E-state index contributed by atoms with van der Waals surface area (Å²) >= 11 is 1.88. The number of alkyl halides is 2. The van der Waals surface area contributed by atoms with Crippen molar-refractivity contribution in [3.8, 4) is 0 Å². The summed E-state index contributed by atoms with van der Waals surface area (Å²) in [6, 6.07) is 8.42. The fraction of sp³-hybridized carbons (Fsp3) is 0.538. The first kappa shape index (κ1) is 13.8. The second kappa shape index (κ2) is 7.07. The molecular formula is C13H17F2NOS. The zero-order valence-corrected chi connectivity index (χ0v) is 10.9. The number of halogens is 2. The van der Waals surface area contributed by atoms with Crippen LogP contribution in [0.25, 0.3) is 0 Å². The third-order valence-electron chi connectivity index (χ3n) is 2.86. The summed E-state index contributed by atoms with van der Waals surface area (Å²) in [6.07, 6.45) is -2.37. The molecule has 1 aromatic carbocycles. The minimum absolute atomic E-state index is 0.339. The van der Waals surface area contributed by atoms with Gasteiger partial charge in [-0.1, -0.05) is 18.2 Å². The Morgan fingerprint density at radius 3 is 3.06 bits per heavy atom. The van der Waals surface area contributed by atoms with Crippen molar-refractivity contribution >= 4 is 11.8 Å². The number of ether oxygens (including phenoxy) is 1. The van der Waals surface area contributed by atoms with Gasteiger partial charge in [0.1, 0.15) is 6.61 Å². The Kier molecular flexibility index (Phi) is 5.41. The number of hydrogen-bond acceptors (Lipinski definition) is 3. The Hall–Kier alpha value is -0.650. The highest BCUT2D eigenvalue weighted by molar-refractivity contribution is 7.99. The van der Waals surface area contributed by atoms with Gasteiger partial charge in [0.25, 0.3) is 6.43 Å². The number of nitrogens with one attached hydrogen (secondary N) is 1. The lowest BCUT2D eigenvalue weighted by Gasteiger charge is -2.12. The van der Waals surface area contributed by atoms with Gasteiger partial charge in [-0.2, -0.15) is 0 Å². The Labute approximate surface area is 110 Å². The Morgan fingerprint density at radius 2 is 2.22 bits per heavy atom. The molecule has 0 fully saturated rings. The molecule has 1 heterocycles. The molecule has 100 valence electrons. The molecule has 0 spiro atoms. The van der Waals surface area contributed by atoms with Crippen LogP contribution in [-0.4, -0.2) is 38.5 Å². The SMILES string of the molecule is FC(F)COCCNCC1CSc2ccccc21. The van der Waals surface area contributed by atoms with E-state index in [9.17, 15) is 8.78 Å². The molecule has 5 heteroatoms. The van der Waals surface area contributed by atoms with Gasteiger partial charge < -0.3 is 10.1 Å². The van der Waals surface area contributed by atoms with Crippen molar-refractivity contribution in [2.24, 2.45) is 0 Å². The molecule has 0 radical (unpaired) electrons. The van der Waals surface area contributed by atoms with Gasteiger partial charge in [0, 0.05) is 29.7 Å². The minimum atomic E-state index is -2.37. The molecule has 1 aliphatic heterocycles. The molecule has 1 aliphatic rings. The van der Waals surface area contributed by atoms with E-state index in [4.69, 9.17) is 4.74 Å². The van der Waals surface area contributed by atoms with Crippen molar-refractivity contribution in [1.82, 2.24) is 5.32 Å². The average Bonchev–Trinajstić information content (AvgIpc) is 2.77. The van der Waals surface area contributed by atoms with E-state index < -0.39 is 13.0 Å². The molecule has 0 aromatic heterocycles. The molecule has 1 unspecified atom stereocenters. The van der Waals surface area contributed by atoms with Crippen molar-refractivity contribution < 1.29 is 13.5 Å². The van der Waals surface area contributed by atoms with Gasteiger partial charge in [0.15, 0.2) is 0 Å². The Balaban J connectivity index is 1.64. The van der Waals surface area contributed by atoms with Gasteiger partial charge in [-0.15, -0.1) is 11.8 Å². The molecule has 1 atom stereocenters. The van der Waals surface area contributed by atoms with Crippen molar-refractivity contribution in [3.05, 3.63) is 29.8 Å². The molecule has 18 heavy (non-hydrogen) atoms. The lowest BCUT2D eigenvalue weighted by Crippen LogP contribution is -2.26. The predicted molar refractivity (Wildman–Crippen MR) is 69.6 cm³/mol. The van der Waals surface area contributed by atoms with Crippen LogP contribution in [0.15, 0.2) is 29.2 Å². The highest BCUT2D eigenvalue weighted by atomic mass is 32.2. The maximum atomic E-state index is 11.8. The van der Waals surface area contributed by atoms with Gasteiger partial charge in [-0.3, -0.25) is 0 Å². The summed E-state index contributed by atoms with van der Waals surface area (Å²) in [5.74, 6) is 1.60. The van der Waals surface area contributed by atoms with E-state index >= 15 is 0 Å². The van der Waals surface area contributed by atoms with E-state index in [-0.39, 0.29) is 0 Å². The van der Waals surface area contributed by atoms with Gasteiger partial charge in [-0.05, 0) is 11.6 Å². The second-order valence-corrected chi connectivity index (χ2v) is 5.28. The van der Waals surface area contributed by atoms with Crippen molar-refractivity contribution in [3.63, 3.8) is 0 Å². The number of hydrogen-bond donors (Lipinski definition) is 1. The van der Waals surface area contributed by atoms with Crippen molar-refractivity contribution in [2.75, 3.05) is 32.1 Å². The van der Waals surface area contributed by atoms with E-state index in [0.717, 1.165) is 12.3 Å². The van der Waals surface area contributed by atoms with Crippen LogP contribution in [0.1, 0.15) is 11.5 Å². The first-order chi connectivity index (χ1) is 8.77. The van der Waals surface area contributed by atoms with Crippen LogP contribution >= 0.6 is 11.8 Å². The minimum Gasteiger partial charge on any atom is -0.374 e. The molecule has 1 aromatic rings. The molecular weight excluding hydrogens is 256 g/mol. The highest BCUT2D eigenvalue weighted by Gasteiger charge is 2.21. The molecule has 0 aliphatic carbocycles. The van der Waals surface area contributed by atoms with E-state index in [0.29, 0.717) is 19.1 Å². The van der Waals surface area contributed by atoms with Crippen LogP contribution in [-0.2, 0) is 4.74 Å². The van der Waals surface area contributed by atoms with E-state index in [1.165, 1.54) is 10.5 Å². The van der Waals surface area contributed by atoms with E-state index in [1.807, 2.05) is 11.8 Å². The summed E-state index contributed by atoms with van der Waals surface area (Å²) in [5, 5.41) is 3.26.